The predicted molar refractivity (Wildman–Crippen MR) is 372 cm³/mol. The van der Waals surface area contributed by atoms with Crippen LogP contribution in [0.25, 0.3) is 0 Å². The molecule has 0 aromatic heterocycles. The third kappa shape index (κ3) is 33.3. The highest BCUT2D eigenvalue weighted by Gasteiger charge is 2.37. The maximum absolute atomic E-state index is 11.0. The molecule has 0 bridgehead atoms. The molecule has 85 heavy (non-hydrogen) atoms. The number of quaternary nitrogens is 2. The molecule has 0 amide bonds. The Hall–Kier alpha value is -3.13. The van der Waals surface area contributed by atoms with E-state index in [0.717, 1.165) is 74.7 Å². The fourth-order valence-electron chi connectivity index (χ4n) is 12.2. The smallest absolute Gasteiger partial charge is 0.104 e. The summed E-state index contributed by atoms with van der Waals surface area (Å²) in [5.41, 5.74) is 8.59. The number of nitrogens with zero attached hydrogens (tertiary/aromatic N) is 2. The molecule has 5 aromatic carbocycles. The Morgan fingerprint density at radius 3 is 0.894 bits per heavy atom. The van der Waals surface area contributed by atoms with Crippen molar-refractivity contribution in [1.82, 2.24) is 0 Å². The molecule has 4 nitrogen and oxygen atoms in total. The minimum Gasteiger partial charge on any atom is -0.893 e. The molecule has 0 unspecified atom stereocenters. The van der Waals surface area contributed by atoms with E-state index in [-0.39, 0.29) is 6.32 Å². The first-order valence-corrected chi connectivity index (χ1v) is 35.4. The van der Waals surface area contributed by atoms with E-state index in [1.807, 2.05) is 57.2 Å². The summed E-state index contributed by atoms with van der Waals surface area (Å²) < 4.78 is 2.23. The number of hydrogen-bond acceptors (Lipinski definition) is 2. The highest BCUT2D eigenvalue weighted by atomic mass is 35.5. The summed E-state index contributed by atoms with van der Waals surface area (Å²) in [7, 11) is 7.71. The van der Waals surface area contributed by atoms with E-state index in [2.05, 4.69) is 121 Å². The standard InChI is InChI=1S/C27H28BCl3O2.2C25H46N/c1-18-7-10-21(15-24(18)29)27(13-5-4-6-14-28(32)33,22-11-8-19(2)25(30)16-22)23-12-9-20(3)26(31)17-23;2*1-4-5-6-7-8-9-10-11-12-13-14-15-16-20-23-26(2,3)24-25-21-18-17-19-22-25/h7-12,15-17H,4-6,13-14H2,1-3H3;2*17-19,21-22H,4-16,20,23-24H2,1-3H3/q-2;2*+1. The van der Waals surface area contributed by atoms with Crippen molar-refractivity contribution in [3.8, 4) is 0 Å². The molecular formula is C77H120BCl3N2O2. The molecule has 0 radical (unpaired) electrons. The van der Waals surface area contributed by atoms with Crippen molar-refractivity contribution < 1.29 is 19.0 Å². The molecular weight excluding hydrogens is 1100 g/mol. The molecule has 0 heterocycles. The summed E-state index contributed by atoms with van der Waals surface area (Å²) in [6.45, 7) is 15.5. The van der Waals surface area contributed by atoms with Gasteiger partial charge in [-0.3, -0.25) is 0 Å². The number of rotatable bonds is 43. The summed E-state index contributed by atoms with van der Waals surface area (Å²) >= 11 is 19.8. The lowest BCUT2D eigenvalue weighted by molar-refractivity contribution is -0.903. The first-order valence-electron chi connectivity index (χ1n) is 34.3. The fraction of sp³-hybridized carbons (Fsp3) is 0.610. The minimum atomic E-state index is -1.77. The van der Waals surface area contributed by atoms with Crippen LogP contribution < -0.4 is 10.0 Å². The molecule has 5 rings (SSSR count). The Labute approximate surface area is 538 Å². The van der Waals surface area contributed by atoms with Crippen LogP contribution in [0.5, 0.6) is 0 Å². The number of halogens is 3. The molecule has 474 valence electrons. The van der Waals surface area contributed by atoms with E-state index in [9.17, 15) is 10.0 Å². The van der Waals surface area contributed by atoms with Gasteiger partial charge in [-0.1, -0.05) is 319 Å². The van der Waals surface area contributed by atoms with E-state index >= 15 is 0 Å². The van der Waals surface area contributed by atoms with Crippen LogP contribution in [0.2, 0.25) is 21.4 Å². The number of hydrogen-bond donors (Lipinski definition) is 0. The predicted octanol–water partition coefficient (Wildman–Crippen LogP) is 22.2. The second-order valence-electron chi connectivity index (χ2n) is 26.6. The molecule has 0 spiro atoms. The average Bonchev–Trinajstić information content (AvgIpc) is 1.34. The highest BCUT2D eigenvalue weighted by molar-refractivity contribution is 6.36. The zero-order chi connectivity index (χ0) is 62.0. The Bertz CT molecular complexity index is 2240. The molecule has 0 aliphatic rings. The lowest BCUT2D eigenvalue weighted by atomic mass is 9.66. The zero-order valence-electron chi connectivity index (χ0n) is 55.6. The summed E-state index contributed by atoms with van der Waals surface area (Å²) in [5, 5.41) is 24.0. The Morgan fingerprint density at radius 2 is 0.624 bits per heavy atom. The van der Waals surface area contributed by atoms with Crippen molar-refractivity contribution in [3.05, 3.63) is 175 Å². The van der Waals surface area contributed by atoms with Gasteiger partial charge in [-0.2, -0.15) is 0 Å². The average molecular weight is 1220 g/mol. The SMILES string of the molecule is CCCCCCCCCCCCCCCC[N+](C)(C)Cc1ccccc1.CCCCCCCCCCCCCCCC[N+](C)(C)Cc1ccccc1.Cc1ccc(C(CCCCCB([O-])[O-])(c2ccc(C)c(Cl)c2)c2ccc(C)c(Cl)c2)cc1Cl. The van der Waals surface area contributed by atoms with Gasteiger partial charge in [0.1, 0.15) is 13.1 Å². The Kier molecular flexibility index (Phi) is 40.5. The monoisotopic (exact) mass is 1220 g/mol. The molecule has 5 aromatic rings. The van der Waals surface area contributed by atoms with Gasteiger partial charge in [0.25, 0.3) is 0 Å². The molecule has 0 saturated heterocycles. The topological polar surface area (TPSA) is 46.1 Å². The quantitative estimate of drug-likeness (QED) is 0.0169. The van der Waals surface area contributed by atoms with Crippen molar-refractivity contribution >= 4 is 41.9 Å². The van der Waals surface area contributed by atoms with Crippen molar-refractivity contribution in [2.75, 3.05) is 41.3 Å². The zero-order valence-corrected chi connectivity index (χ0v) is 57.8. The molecule has 0 atom stereocenters. The van der Waals surface area contributed by atoms with Crippen LogP contribution in [0.1, 0.15) is 264 Å². The highest BCUT2D eigenvalue weighted by Crippen LogP contribution is 2.46. The van der Waals surface area contributed by atoms with Crippen LogP contribution in [0, 0.1) is 20.8 Å². The fourth-order valence-corrected chi connectivity index (χ4v) is 12.7. The number of benzene rings is 5. The van der Waals surface area contributed by atoms with Gasteiger partial charge in [0, 0.05) is 31.6 Å². The van der Waals surface area contributed by atoms with Gasteiger partial charge in [0.05, 0.1) is 41.3 Å². The third-order valence-corrected chi connectivity index (χ3v) is 18.8. The van der Waals surface area contributed by atoms with Gasteiger partial charge >= 0.3 is 0 Å². The molecule has 0 N–H and O–H groups in total. The van der Waals surface area contributed by atoms with E-state index in [0.29, 0.717) is 21.5 Å². The van der Waals surface area contributed by atoms with Crippen molar-refractivity contribution in [2.45, 2.75) is 265 Å². The van der Waals surface area contributed by atoms with Crippen LogP contribution in [-0.4, -0.2) is 57.4 Å². The Morgan fingerprint density at radius 1 is 0.353 bits per heavy atom. The van der Waals surface area contributed by atoms with Crippen molar-refractivity contribution in [3.63, 3.8) is 0 Å². The number of aryl methyl sites for hydroxylation is 3. The normalized spacial score (nSPS) is 11.7. The van der Waals surface area contributed by atoms with Crippen LogP contribution in [0.15, 0.2) is 115 Å². The van der Waals surface area contributed by atoms with E-state index < -0.39 is 12.5 Å². The summed E-state index contributed by atoms with van der Waals surface area (Å²) in [4.78, 5) is 0. The van der Waals surface area contributed by atoms with Gasteiger partial charge in [0.2, 0.25) is 0 Å². The Balaban J connectivity index is 0.000000338. The molecule has 0 aliphatic carbocycles. The van der Waals surface area contributed by atoms with E-state index in [4.69, 9.17) is 34.8 Å². The number of unbranched alkanes of at least 4 members (excludes halogenated alkanes) is 28. The van der Waals surface area contributed by atoms with Crippen LogP contribution in [0.4, 0.5) is 0 Å². The second-order valence-corrected chi connectivity index (χ2v) is 27.8. The summed E-state index contributed by atoms with van der Waals surface area (Å²) in [5.74, 6) is 0. The van der Waals surface area contributed by atoms with Gasteiger partial charge in [-0.25, -0.2) is 0 Å². The minimum absolute atomic E-state index is 0.149. The summed E-state index contributed by atoms with van der Waals surface area (Å²) in [6.07, 6.45) is 43.5. The molecule has 0 fully saturated rings. The molecule has 8 heteroatoms. The lowest BCUT2D eigenvalue weighted by Crippen LogP contribution is -2.44. The van der Waals surface area contributed by atoms with Crippen LogP contribution in [-0.2, 0) is 18.5 Å². The lowest BCUT2D eigenvalue weighted by Gasteiger charge is -2.37. The third-order valence-electron chi connectivity index (χ3n) is 17.6. The van der Waals surface area contributed by atoms with Crippen molar-refractivity contribution in [2.24, 2.45) is 0 Å². The molecule has 0 aliphatic heterocycles. The first-order chi connectivity index (χ1) is 40.9. The van der Waals surface area contributed by atoms with Gasteiger partial charge in [-0.05, 0) is 104 Å². The second kappa shape index (κ2) is 45.2. The van der Waals surface area contributed by atoms with Crippen LogP contribution in [0.3, 0.4) is 0 Å². The maximum atomic E-state index is 11.0. The molecule has 0 saturated carbocycles. The summed E-state index contributed by atoms with van der Waals surface area (Å²) in [6, 6.07) is 40.4. The van der Waals surface area contributed by atoms with Gasteiger partial charge < -0.3 is 19.0 Å². The van der Waals surface area contributed by atoms with E-state index in [1.165, 1.54) is 204 Å². The van der Waals surface area contributed by atoms with Crippen molar-refractivity contribution in [1.29, 1.82) is 0 Å². The largest absolute Gasteiger partial charge is 0.893 e. The first kappa shape index (κ1) is 76.1. The van der Waals surface area contributed by atoms with Crippen LogP contribution >= 0.6 is 34.8 Å². The van der Waals surface area contributed by atoms with Gasteiger partial charge in [0.15, 0.2) is 0 Å². The van der Waals surface area contributed by atoms with Gasteiger partial charge in [-0.15, -0.1) is 13.4 Å². The van der Waals surface area contributed by atoms with E-state index in [1.54, 1.807) is 0 Å². The maximum Gasteiger partial charge on any atom is 0.104 e.